The fourth-order valence-corrected chi connectivity index (χ4v) is 1.89. The van der Waals surface area contributed by atoms with Crippen LogP contribution in [0.1, 0.15) is 17.9 Å². The number of anilines is 1. The molecule has 0 radical (unpaired) electrons. The van der Waals surface area contributed by atoms with Gasteiger partial charge in [0.2, 0.25) is 0 Å². The molecule has 2 unspecified atom stereocenters. The number of nitrogens with one attached hydrogen (secondary N) is 1. The van der Waals surface area contributed by atoms with Gasteiger partial charge in [-0.25, -0.2) is 4.39 Å². The first-order chi connectivity index (χ1) is 5.36. The number of halogens is 1. The summed E-state index contributed by atoms with van der Waals surface area (Å²) < 4.78 is 13.0. The molecule has 2 aliphatic rings. The van der Waals surface area contributed by atoms with E-state index in [1.807, 2.05) is 6.07 Å². The second-order valence-electron chi connectivity index (χ2n) is 3.30. The summed E-state index contributed by atoms with van der Waals surface area (Å²) in [5.41, 5.74) is 1.92. The molecule has 11 heavy (non-hydrogen) atoms. The largest absolute Gasteiger partial charge is 0.379 e. The molecule has 0 saturated heterocycles. The molecular weight excluding hydrogens is 141 g/mol. The van der Waals surface area contributed by atoms with Crippen LogP contribution in [0.5, 0.6) is 0 Å². The van der Waals surface area contributed by atoms with E-state index >= 15 is 0 Å². The molecule has 1 nitrogen and oxygen atoms in total. The van der Waals surface area contributed by atoms with Gasteiger partial charge >= 0.3 is 0 Å². The zero-order valence-electron chi connectivity index (χ0n) is 5.97. The molecule has 0 bridgehead atoms. The van der Waals surface area contributed by atoms with Crippen molar-refractivity contribution in [2.75, 3.05) is 5.32 Å². The summed E-state index contributed by atoms with van der Waals surface area (Å²) in [6, 6.07) is 5.86. The molecular formula is C9H8FN. The Morgan fingerprint density at radius 1 is 1.45 bits per heavy atom. The van der Waals surface area contributed by atoms with Gasteiger partial charge in [-0.3, -0.25) is 0 Å². The molecule has 0 aromatic heterocycles. The van der Waals surface area contributed by atoms with E-state index in [4.69, 9.17) is 0 Å². The average Bonchev–Trinajstić information content (AvgIpc) is 2.67. The van der Waals surface area contributed by atoms with Gasteiger partial charge in [0, 0.05) is 12.0 Å². The molecule has 0 spiro atoms. The molecule has 1 aromatic rings. The molecule has 0 amide bonds. The SMILES string of the molecule is Fc1cccc2c1NC1CC21. The second-order valence-corrected chi connectivity index (χ2v) is 3.30. The topological polar surface area (TPSA) is 12.0 Å². The molecule has 2 atom stereocenters. The van der Waals surface area contributed by atoms with Crippen LogP contribution in [0, 0.1) is 5.82 Å². The Morgan fingerprint density at radius 2 is 2.36 bits per heavy atom. The fraction of sp³-hybridized carbons (Fsp3) is 0.333. The maximum atomic E-state index is 13.0. The first-order valence-electron chi connectivity index (χ1n) is 3.91. The standard InChI is InChI=1S/C9H8FN/c10-7-3-1-2-5-6-4-8(6)11-9(5)7/h1-3,6,8,11H,4H2. The number of hydrogen-bond acceptors (Lipinski definition) is 1. The second kappa shape index (κ2) is 1.58. The summed E-state index contributed by atoms with van der Waals surface area (Å²) in [5, 5.41) is 3.16. The van der Waals surface area contributed by atoms with Crippen LogP contribution in [-0.2, 0) is 0 Å². The number of rotatable bonds is 0. The van der Waals surface area contributed by atoms with E-state index < -0.39 is 0 Å². The minimum Gasteiger partial charge on any atom is -0.379 e. The van der Waals surface area contributed by atoms with Crippen molar-refractivity contribution in [3.8, 4) is 0 Å². The Hall–Kier alpha value is -1.05. The molecule has 1 aliphatic heterocycles. The highest BCUT2D eigenvalue weighted by Gasteiger charge is 2.45. The van der Waals surface area contributed by atoms with Crippen LogP contribution in [-0.4, -0.2) is 6.04 Å². The van der Waals surface area contributed by atoms with E-state index in [9.17, 15) is 4.39 Å². The van der Waals surface area contributed by atoms with Crippen molar-refractivity contribution < 1.29 is 4.39 Å². The first-order valence-corrected chi connectivity index (χ1v) is 3.91. The zero-order chi connectivity index (χ0) is 7.42. The fourth-order valence-electron chi connectivity index (χ4n) is 1.89. The van der Waals surface area contributed by atoms with Gasteiger partial charge in [0.1, 0.15) is 5.82 Å². The number of benzene rings is 1. The quantitative estimate of drug-likeness (QED) is 0.595. The van der Waals surface area contributed by atoms with Crippen LogP contribution in [0.3, 0.4) is 0 Å². The van der Waals surface area contributed by atoms with Crippen LogP contribution in [0.4, 0.5) is 10.1 Å². The zero-order valence-corrected chi connectivity index (χ0v) is 5.97. The predicted molar refractivity (Wildman–Crippen MR) is 41.2 cm³/mol. The Labute approximate surface area is 64.2 Å². The summed E-state index contributed by atoms with van der Waals surface area (Å²) in [6.07, 6.45) is 1.19. The molecule has 1 fully saturated rings. The van der Waals surface area contributed by atoms with Crippen molar-refractivity contribution in [1.29, 1.82) is 0 Å². The highest BCUT2D eigenvalue weighted by Crippen LogP contribution is 2.52. The van der Waals surface area contributed by atoms with Crippen molar-refractivity contribution in [2.45, 2.75) is 18.4 Å². The molecule has 1 heterocycles. The highest BCUT2D eigenvalue weighted by atomic mass is 19.1. The maximum absolute atomic E-state index is 13.0. The van der Waals surface area contributed by atoms with Crippen LogP contribution < -0.4 is 5.32 Å². The molecule has 1 aliphatic carbocycles. The molecule has 56 valence electrons. The van der Waals surface area contributed by atoms with E-state index in [2.05, 4.69) is 5.32 Å². The van der Waals surface area contributed by atoms with Gasteiger partial charge in [-0.05, 0) is 18.1 Å². The van der Waals surface area contributed by atoms with Gasteiger partial charge in [-0.15, -0.1) is 0 Å². The highest BCUT2D eigenvalue weighted by molar-refractivity contribution is 5.64. The van der Waals surface area contributed by atoms with E-state index in [1.165, 1.54) is 18.1 Å². The minimum atomic E-state index is -0.102. The van der Waals surface area contributed by atoms with Crippen molar-refractivity contribution in [3.05, 3.63) is 29.6 Å². The summed E-state index contributed by atoms with van der Waals surface area (Å²) in [5.74, 6) is 0.510. The Kier molecular flexibility index (Phi) is 0.799. The number of hydrogen-bond donors (Lipinski definition) is 1. The molecule has 1 N–H and O–H groups in total. The van der Waals surface area contributed by atoms with Crippen molar-refractivity contribution in [2.24, 2.45) is 0 Å². The van der Waals surface area contributed by atoms with Gasteiger partial charge in [0.25, 0.3) is 0 Å². The molecule has 1 aromatic carbocycles. The van der Waals surface area contributed by atoms with Gasteiger partial charge in [0.15, 0.2) is 0 Å². The van der Waals surface area contributed by atoms with Crippen molar-refractivity contribution in [1.82, 2.24) is 0 Å². The molecule has 3 rings (SSSR count). The van der Waals surface area contributed by atoms with Crippen molar-refractivity contribution in [3.63, 3.8) is 0 Å². The van der Waals surface area contributed by atoms with Crippen LogP contribution >= 0.6 is 0 Å². The number of para-hydroxylation sites is 1. The number of fused-ring (bicyclic) bond motifs is 3. The summed E-state index contributed by atoms with van der Waals surface area (Å²) in [7, 11) is 0. The third-order valence-electron chi connectivity index (χ3n) is 2.57. The Morgan fingerprint density at radius 3 is 3.18 bits per heavy atom. The third-order valence-corrected chi connectivity index (χ3v) is 2.57. The van der Waals surface area contributed by atoms with Gasteiger partial charge < -0.3 is 5.32 Å². The van der Waals surface area contributed by atoms with E-state index in [-0.39, 0.29) is 5.82 Å². The summed E-state index contributed by atoms with van der Waals surface area (Å²) in [6.45, 7) is 0. The lowest BCUT2D eigenvalue weighted by Crippen LogP contribution is -1.98. The lowest BCUT2D eigenvalue weighted by atomic mass is 10.1. The van der Waals surface area contributed by atoms with Gasteiger partial charge in [-0.2, -0.15) is 0 Å². The van der Waals surface area contributed by atoms with Crippen LogP contribution in [0.15, 0.2) is 18.2 Å². The van der Waals surface area contributed by atoms with Gasteiger partial charge in [-0.1, -0.05) is 12.1 Å². The lowest BCUT2D eigenvalue weighted by molar-refractivity contribution is 0.630. The van der Waals surface area contributed by atoms with Gasteiger partial charge in [0.05, 0.1) is 5.69 Å². The molecule has 2 heteroatoms. The maximum Gasteiger partial charge on any atom is 0.146 e. The summed E-state index contributed by atoms with van der Waals surface area (Å²) >= 11 is 0. The molecule has 1 saturated carbocycles. The minimum absolute atomic E-state index is 0.102. The lowest BCUT2D eigenvalue weighted by Gasteiger charge is -2.03. The predicted octanol–water partition coefficient (Wildman–Crippen LogP) is 2.11. The third kappa shape index (κ3) is 0.595. The van der Waals surface area contributed by atoms with E-state index in [0.717, 1.165) is 5.69 Å². The van der Waals surface area contributed by atoms with Crippen LogP contribution in [0.2, 0.25) is 0 Å². The smallest absolute Gasteiger partial charge is 0.146 e. The van der Waals surface area contributed by atoms with E-state index in [1.54, 1.807) is 6.07 Å². The van der Waals surface area contributed by atoms with Crippen molar-refractivity contribution >= 4 is 5.69 Å². The summed E-state index contributed by atoms with van der Waals surface area (Å²) in [4.78, 5) is 0. The van der Waals surface area contributed by atoms with Crippen LogP contribution in [0.25, 0.3) is 0 Å². The average molecular weight is 149 g/mol. The monoisotopic (exact) mass is 149 g/mol. The Balaban J connectivity index is 2.24. The first kappa shape index (κ1) is 5.58. The Bertz CT molecular complexity index is 321. The normalized spacial score (nSPS) is 30.6. The van der Waals surface area contributed by atoms with E-state index in [0.29, 0.717) is 12.0 Å².